The lowest BCUT2D eigenvalue weighted by atomic mass is 10.1. The lowest BCUT2D eigenvalue weighted by molar-refractivity contribution is 0.423. The van der Waals surface area contributed by atoms with Crippen molar-refractivity contribution in [2.24, 2.45) is 0 Å². The van der Waals surface area contributed by atoms with Crippen molar-refractivity contribution >= 4 is 0 Å². The van der Waals surface area contributed by atoms with E-state index < -0.39 is 0 Å². The van der Waals surface area contributed by atoms with Gasteiger partial charge in [-0.1, -0.05) is 35.5 Å². The average molecular weight is 250 g/mol. The number of nitrogens with one attached hydrogen (secondary N) is 1. The third kappa shape index (κ3) is 2.38. The fourth-order valence-electron chi connectivity index (χ4n) is 1.80. The lowest BCUT2D eigenvalue weighted by Gasteiger charge is -1.93. The van der Waals surface area contributed by atoms with E-state index in [2.05, 4.69) is 15.1 Å². The molecule has 0 aliphatic heterocycles. The van der Waals surface area contributed by atoms with Gasteiger partial charge in [-0.3, -0.25) is 0 Å². The lowest BCUT2D eigenvalue weighted by Crippen LogP contribution is -1.90. The van der Waals surface area contributed by atoms with E-state index in [0.29, 0.717) is 29.5 Å². The summed E-state index contributed by atoms with van der Waals surface area (Å²) >= 11 is 0. The number of rotatable bonds is 3. The van der Waals surface area contributed by atoms with Crippen molar-refractivity contribution < 1.29 is 4.52 Å². The van der Waals surface area contributed by atoms with E-state index in [0.717, 1.165) is 5.56 Å². The van der Waals surface area contributed by atoms with E-state index in [1.54, 1.807) is 12.1 Å². The molecule has 2 aromatic heterocycles. The molecule has 0 aliphatic carbocycles. The number of aromatic amines is 1. The molecule has 0 aliphatic rings. The van der Waals surface area contributed by atoms with Gasteiger partial charge in [-0.2, -0.15) is 10.2 Å². The Morgan fingerprint density at radius 2 is 2.00 bits per heavy atom. The van der Waals surface area contributed by atoms with Gasteiger partial charge < -0.3 is 9.51 Å². The Balaban J connectivity index is 1.82. The molecule has 0 saturated carbocycles. The summed E-state index contributed by atoms with van der Waals surface area (Å²) in [6.07, 6.45) is 0.621. The SMILES string of the molecule is N#Cc1ccc(-c2nc(Cc3ccccc3)no2)[nH]1. The number of nitriles is 1. The highest BCUT2D eigenvalue weighted by Gasteiger charge is 2.10. The highest BCUT2D eigenvalue weighted by atomic mass is 16.5. The van der Waals surface area contributed by atoms with E-state index in [1.807, 2.05) is 36.4 Å². The molecule has 92 valence electrons. The zero-order valence-corrected chi connectivity index (χ0v) is 10.00. The molecule has 19 heavy (non-hydrogen) atoms. The molecule has 0 radical (unpaired) electrons. The molecule has 0 unspecified atom stereocenters. The largest absolute Gasteiger partial charge is 0.342 e. The van der Waals surface area contributed by atoms with Crippen LogP contribution in [0.2, 0.25) is 0 Å². The van der Waals surface area contributed by atoms with Crippen molar-refractivity contribution in [2.45, 2.75) is 6.42 Å². The summed E-state index contributed by atoms with van der Waals surface area (Å²) in [5.74, 6) is 1.02. The summed E-state index contributed by atoms with van der Waals surface area (Å²) in [7, 11) is 0. The minimum absolute atomic E-state index is 0.396. The first-order chi connectivity index (χ1) is 9.35. The van der Waals surface area contributed by atoms with E-state index in [9.17, 15) is 0 Å². The van der Waals surface area contributed by atoms with Crippen molar-refractivity contribution in [3.63, 3.8) is 0 Å². The molecule has 0 saturated heterocycles. The fraction of sp³-hybridized carbons (Fsp3) is 0.0714. The first-order valence-electron chi connectivity index (χ1n) is 5.81. The van der Waals surface area contributed by atoms with Crippen LogP contribution in [0.5, 0.6) is 0 Å². The van der Waals surface area contributed by atoms with Crippen LogP contribution < -0.4 is 0 Å². The van der Waals surface area contributed by atoms with Crippen molar-refractivity contribution in [1.82, 2.24) is 15.1 Å². The molecule has 0 spiro atoms. The van der Waals surface area contributed by atoms with Crippen molar-refractivity contribution in [3.05, 3.63) is 59.5 Å². The Kier molecular flexibility index (Phi) is 2.83. The van der Waals surface area contributed by atoms with Crippen LogP contribution in [0.1, 0.15) is 17.1 Å². The predicted octanol–water partition coefficient (Wildman–Crippen LogP) is 2.53. The Labute approximate surface area is 109 Å². The second-order valence-electron chi connectivity index (χ2n) is 4.08. The van der Waals surface area contributed by atoms with Gasteiger partial charge in [0, 0.05) is 6.42 Å². The monoisotopic (exact) mass is 250 g/mol. The van der Waals surface area contributed by atoms with Crippen LogP contribution in [0.4, 0.5) is 0 Å². The molecule has 3 aromatic rings. The van der Waals surface area contributed by atoms with Gasteiger partial charge in [0.1, 0.15) is 17.5 Å². The second-order valence-corrected chi connectivity index (χ2v) is 4.08. The quantitative estimate of drug-likeness (QED) is 0.774. The molecular weight excluding hydrogens is 240 g/mol. The number of H-pyrrole nitrogens is 1. The normalized spacial score (nSPS) is 10.3. The van der Waals surface area contributed by atoms with E-state index in [4.69, 9.17) is 9.78 Å². The summed E-state index contributed by atoms with van der Waals surface area (Å²) in [5.41, 5.74) is 2.25. The molecular formula is C14H10N4O. The average Bonchev–Trinajstić information content (AvgIpc) is 3.08. The van der Waals surface area contributed by atoms with Crippen LogP contribution in [0.3, 0.4) is 0 Å². The Morgan fingerprint density at radius 3 is 2.74 bits per heavy atom. The maximum Gasteiger partial charge on any atom is 0.274 e. The summed E-state index contributed by atoms with van der Waals surface area (Å²) in [5, 5.41) is 12.7. The van der Waals surface area contributed by atoms with Crippen molar-refractivity contribution in [2.75, 3.05) is 0 Å². The molecule has 5 nitrogen and oxygen atoms in total. The molecule has 0 atom stereocenters. The zero-order chi connectivity index (χ0) is 13.1. The second kappa shape index (κ2) is 4.78. The van der Waals surface area contributed by atoms with Gasteiger partial charge in [0.25, 0.3) is 5.89 Å². The third-order valence-electron chi connectivity index (χ3n) is 2.71. The molecule has 0 amide bonds. The highest BCUT2D eigenvalue weighted by molar-refractivity contribution is 5.49. The molecule has 0 fully saturated rings. The molecule has 0 bridgehead atoms. The molecule has 3 rings (SSSR count). The number of hydrogen-bond acceptors (Lipinski definition) is 4. The molecule has 2 heterocycles. The maximum absolute atomic E-state index is 8.75. The van der Waals surface area contributed by atoms with Gasteiger partial charge in [0.15, 0.2) is 5.82 Å². The minimum atomic E-state index is 0.396. The summed E-state index contributed by atoms with van der Waals surface area (Å²) in [4.78, 5) is 7.20. The van der Waals surface area contributed by atoms with Crippen LogP contribution in [-0.4, -0.2) is 15.1 Å². The van der Waals surface area contributed by atoms with Gasteiger partial charge >= 0.3 is 0 Å². The number of nitrogens with zero attached hydrogens (tertiary/aromatic N) is 3. The van der Waals surface area contributed by atoms with Crippen LogP contribution in [-0.2, 0) is 6.42 Å². The van der Waals surface area contributed by atoms with Crippen molar-refractivity contribution in [1.29, 1.82) is 5.26 Å². The van der Waals surface area contributed by atoms with E-state index in [-0.39, 0.29) is 0 Å². The fourth-order valence-corrected chi connectivity index (χ4v) is 1.80. The topological polar surface area (TPSA) is 78.5 Å². The van der Waals surface area contributed by atoms with Gasteiger partial charge in [-0.05, 0) is 17.7 Å². The van der Waals surface area contributed by atoms with Crippen LogP contribution in [0.25, 0.3) is 11.6 Å². The van der Waals surface area contributed by atoms with E-state index >= 15 is 0 Å². The molecule has 1 aromatic carbocycles. The number of hydrogen-bond donors (Lipinski definition) is 1. The van der Waals surface area contributed by atoms with Crippen molar-refractivity contribution in [3.8, 4) is 17.7 Å². The maximum atomic E-state index is 8.75. The molecule has 1 N–H and O–H groups in total. The van der Waals surface area contributed by atoms with Crippen LogP contribution in [0.15, 0.2) is 47.0 Å². The third-order valence-corrected chi connectivity index (χ3v) is 2.71. The van der Waals surface area contributed by atoms with Crippen LogP contribution in [0, 0.1) is 11.3 Å². The Bertz CT molecular complexity index is 721. The standard InChI is InChI=1S/C14H10N4O/c15-9-11-6-7-12(16-11)14-17-13(18-19-14)8-10-4-2-1-3-5-10/h1-7,16H,8H2. The van der Waals surface area contributed by atoms with E-state index in [1.165, 1.54) is 0 Å². The summed E-state index contributed by atoms with van der Waals surface area (Å²) in [6.45, 7) is 0. The number of aromatic nitrogens is 3. The Morgan fingerprint density at radius 1 is 1.16 bits per heavy atom. The summed E-state index contributed by atoms with van der Waals surface area (Å²) in [6, 6.07) is 15.4. The number of benzene rings is 1. The van der Waals surface area contributed by atoms with Gasteiger partial charge in [0.05, 0.1) is 0 Å². The van der Waals surface area contributed by atoms with Gasteiger partial charge in [-0.25, -0.2) is 0 Å². The Hall–Kier alpha value is -2.87. The smallest absolute Gasteiger partial charge is 0.274 e. The van der Waals surface area contributed by atoms with Gasteiger partial charge in [0.2, 0.25) is 0 Å². The predicted molar refractivity (Wildman–Crippen MR) is 68.0 cm³/mol. The first-order valence-corrected chi connectivity index (χ1v) is 5.81. The van der Waals surface area contributed by atoms with Crippen LogP contribution >= 0.6 is 0 Å². The van der Waals surface area contributed by atoms with Gasteiger partial charge in [-0.15, -0.1) is 0 Å². The summed E-state index contributed by atoms with van der Waals surface area (Å²) < 4.78 is 5.18. The minimum Gasteiger partial charge on any atom is -0.342 e. The zero-order valence-electron chi connectivity index (χ0n) is 10.00. The highest BCUT2D eigenvalue weighted by Crippen LogP contribution is 2.17. The first kappa shape index (κ1) is 11.2. The molecule has 5 heteroatoms.